The number of nitrogens with one attached hydrogen (secondary N) is 1. The zero-order valence-electron chi connectivity index (χ0n) is 38.8. The second-order valence-electron chi connectivity index (χ2n) is 19.9. The van der Waals surface area contributed by atoms with Gasteiger partial charge in [-0.1, -0.05) is 55.5 Å². The molecule has 2 bridgehead atoms. The van der Waals surface area contributed by atoms with E-state index in [2.05, 4.69) is 39.0 Å². The number of hydrogen-bond acceptors (Lipinski definition) is 11. The molecule has 66 heavy (non-hydrogen) atoms. The molecule has 1 aliphatic carbocycles. The van der Waals surface area contributed by atoms with Crippen LogP contribution in [0.5, 0.6) is 5.75 Å². The number of fused-ring (bicyclic) bond motifs is 6. The number of aromatic nitrogens is 1. The first-order valence-corrected chi connectivity index (χ1v) is 23.3. The van der Waals surface area contributed by atoms with Gasteiger partial charge in [0.05, 0.1) is 27.4 Å². The lowest BCUT2D eigenvalue weighted by atomic mass is 9.47. The van der Waals surface area contributed by atoms with Crippen LogP contribution in [0.15, 0.2) is 72.8 Å². The van der Waals surface area contributed by atoms with Gasteiger partial charge in [-0.05, 0) is 91.9 Å². The molecule has 1 unspecified atom stereocenters. The number of halogens is 2. The molecule has 14 heteroatoms. The molecule has 1 aromatic heterocycles. The monoisotopic (exact) mass is 906 g/mol. The fourth-order valence-corrected chi connectivity index (χ4v) is 14.3. The van der Waals surface area contributed by atoms with Crippen LogP contribution in [0, 0.1) is 17.3 Å². The maximum atomic E-state index is 15.6. The standard InChI is InChI=1S/C52H60F2N4O8/c1-8-49-18-12-20-58-22-19-50(43(49)58)37-25-38(41(63-5)26-40(37)56(4)44(50)52(62,47(61)65-7)45(49)66-30(2)59)51(46(60)64-6)27-31-23-34(48(3,53)54)29-57(28-31)21-17-35-36-24-33(32-13-10-9-11-14-32)15-16-39(36)55-42(35)51/h9-16,18,24-26,31,34,43-45,55,62H,8,17,19-23,27-29H2,1-7H3/t31-,34-,43+,44-,45-,49-,50-,51+,52+/m1/s1. The summed E-state index contributed by atoms with van der Waals surface area (Å²) in [4.78, 5) is 53.3. The van der Waals surface area contributed by atoms with Crippen molar-refractivity contribution in [1.29, 1.82) is 0 Å². The highest BCUT2D eigenvalue weighted by molar-refractivity contribution is 5.96. The fourth-order valence-electron chi connectivity index (χ4n) is 14.3. The molecule has 10 rings (SSSR count). The van der Waals surface area contributed by atoms with Crippen molar-refractivity contribution in [3.63, 3.8) is 0 Å². The van der Waals surface area contributed by atoms with E-state index in [4.69, 9.17) is 18.9 Å². The number of likely N-dealkylation sites (N-methyl/N-ethyl adjacent to an activating group) is 1. The van der Waals surface area contributed by atoms with Crippen molar-refractivity contribution < 1.29 is 47.2 Å². The molecule has 3 fully saturated rings. The van der Waals surface area contributed by atoms with Crippen molar-refractivity contribution in [2.75, 3.05) is 66.0 Å². The van der Waals surface area contributed by atoms with Crippen LogP contribution >= 0.6 is 0 Å². The van der Waals surface area contributed by atoms with Crippen LogP contribution in [0.2, 0.25) is 0 Å². The number of carbonyl (C=O) groups excluding carboxylic acids is 3. The van der Waals surface area contributed by atoms with Crippen molar-refractivity contribution >= 4 is 34.5 Å². The van der Waals surface area contributed by atoms with Gasteiger partial charge in [-0.2, -0.15) is 0 Å². The zero-order chi connectivity index (χ0) is 46.7. The molecule has 6 aliphatic rings. The minimum atomic E-state index is -2.95. The van der Waals surface area contributed by atoms with Crippen LogP contribution in [0.3, 0.4) is 0 Å². The number of methoxy groups -OCH3 is 3. The number of anilines is 1. The number of ether oxygens (including phenoxy) is 4. The van der Waals surface area contributed by atoms with Gasteiger partial charge in [0.2, 0.25) is 11.5 Å². The Morgan fingerprint density at radius 1 is 0.939 bits per heavy atom. The lowest BCUT2D eigenvalue weighted by molar-refractivity contribution is -0.228. The second-order valence-corrected chi connectivity index (χ2v) is 19.9. The first kappa shape index (κ1) is 44.5. The number of benzene rings is 3. The van der Waals surface area contributed by atoms with Gasteiger partial charge in [-0.25, -0.2) is 13.6 Å². The van der Waals surface area contributed by atoms with E-state index in [1.807, 2.05) is 67.4 Å². The van der Waals surface area contributed by atoms with Gasteiger partial charge in [0.25, 0.3) is 0 Å². The van der Waals surface area contributed by atoms with Gasteiger partial charge < -0.3 is 38.8 Å². The van der Waals surface area contributed by atoms with Crippen LogP contribution in [0.4, 0.5) is 14.5 Å². The van der Waals surface area contributed by atoms with E-state index in [1.165, 1.54) is 21.1 Å². The van der Waals surface area contributed by atoms with Crippen molar-refractivity contribution in [1.82, 2.24) is 14.8 Å². The first-order chi connectivity index (χ1) is 31.5. The predicted molar refractivity (Wildman–Crippen MR) is 245 cm³/mol. The lowest BCUT2D eigenvalue weighted by Gasteiger charge is -2.63. The van der Waals surface area contributed by atoms with E-state index in [1.54, 1.807) is 7.11 Å². The van der Waals surface area contributed by atoms with Crippen LogP contribution < -0.4 is 9.64 Å². The Morgan fingerprint density at radius 2 is 1.70 bits per heavy atom. The van der Waals surface area contributed by atoms with Crippen LogP contribution in [-0.4, -0.2) is 129 Å². The summed E-state index contributed by atoms with van der Waals surface area (Å²) < 4.78 is 55.1. The highest BCUT2D eigenvalue weighted by Crippen LogP contribution is 2.68. The van der Waals surface area contributed by atoms with E-state index >= 15 is 13.6 Å². The number of piperidine rings is 1. The molecule has 0 amide bonds. The maximum Gasteiger partial charge on any atom is 0.344 e. The number of hydrogen-bond donors (Lipinski definition) is 2. The summed E-state index contributed by atoms with van der Waals surface area (Å²) in [5.41, 5.74) is 0.330. The van der Waals surface area contributed by atoms with E-state index < -0.39 is 63.7 Å². The Hall–Kier alpha value is -5.31. The van der Waals surface area contributed by atoms with Crippen LogP contribution in [-0.2, 0) is 45.8 Å². The van der Waals surface area contributed by atoms with E-state index in [0.717, 1.165) is 40.1 Å². The van der Waals surface area contributed by atoms with Gasteiger partial charge in [-0.15, -0.1) is 0 Å². The number of esters is 3. The first-order valence-electron chi connectivity index (χ1n) is 23.3. The van der Waals surface area contributed by atoms with Gasteiger partial charge in [0.1, 0.15) is 11.2 Å². The Labute approximate surface area is 384 Å². The molecule has 10 atom stereocenters. The molecule has 5 aliphatic heterocycles. The maximum absolute atomic E-state index is 15.6. The topological polar surface area (TPSA) is 134 Å². The van der Waals surface area contributed by atoms with E-state index in [-0.39, 0.29) is 31.3 Å². The molecular weight excluding hydrogens is 847 g/mol. The molecular formula is C52H60F2N4O8. The molecule has 0 radical (unpaired) electrons. The number of H-pyrrole nitrogens is 1. The normalized spacial score (nSPS) is 33.4. The largest absolute Gasteiger partial charge is 0.496 e. The number of alkyl halides is 2. The molecule has 1 saturated carbocycles. The van der Waals surface area contributed by atoms with Gasteiger partial charge in [0, 0.05) is 96.9 Å². The van der Waals surface area contributed by atoms with Crippen molar-refractivity contribution in [3.8, 4) is 16.9 Å². The molecule has 350 valence electrons. The molecule has 2 saturated heterocycles. The summed E-state index contributed by atoms with van der Waals surface area (Å²) in [7, 11) is 5.98. The molecule has 4 aromatic rings. The number of nitrogens with zero attached hydrogens (tertiary/aromatic N) is 3. The van der Waals surface area contributed by atoms with Crippen molar-refractivity contribution in [3.05, 3.63) is 95.2 Å². The Balaban J connectivity index is 1.27. The number of aromatic amines is 1. The number of carbonyl (C=O) groups is 3. The highest BCUT2D eigenvalue weighted by atomic mass is 19.3. The number of rotatable bonds is 8. The average Bonchev–Trinajstić information content (AvgIpc) is 3.97. The molecule has 12 nitrogen and oxygen atoms in total. The van der Waals surface area contributed by atoms with Gasteiger partial charge >= 0.3 is 17.9 Å². The Morgan fingerprint density at radius 3 is 2.38 bits per heavy atom. The van der Waals surface area contributed by atoms with E-state index in [0.29, 0.717) is 68.1 Å². The van der Waals surface area contributed by atoms with Gasteiger partial charge in [0.15, 0.2) is 6.10 Å². The molecule has 2 N–H and O–H groups in total. The highest BCUT2D eigenvalue weighted by Gasteiger charge is 2.80. The summed E-state index contributed by atoms with van der Waals surface area (Å²) in [5, 5.41) is 14.3. The zero-order valence-corrected chi connectivity index (χ0v) is 38.8. The Kier molecular flexibility index (Phi) is 10.5. The summed E-state index contributed by atoms with van der Waals surface area (Å²) >= 11 is 0. The number of aliphatic hydroxyl groups is 1. The predicted octanol–water partition coefficient (Wildman–Crippen LogP) is 6.79. The van der Waals surface area contributed by atoms with Gasteiger partial charge in [-0.3, -0.25) is 14.5 Å². The summed E-state index contributed by atoms with van der Waals surface area (Å²) in [6.07, 6.45) is 4.44. The van der Waals surface area contributed by atoms with Crippen molar-refractivity contribution in [2.24, 2.45) is 17.3 Å². The summed E-state index contributed by atoms with van der Waals surface area (Å²) in [6.45, 7) is 6.72. The molecule has 6 heterocycles. The fraction of sp³-hybridized carbons (Fsp3) is 0.519. The minimum Gasteiger partial charge on any atom is -0.496 e. The molecule has 3 aromatic carbocycles. The third-order valence-electron chi connectivity index (χ3n) is 16.8. The SMILES string of the molecule is CC[C@]12C=CCN3CC[C@@]4(c5cc([C@@]6(C(=O)OC)C[C@H]7C[C@@H](C(C)(F)F)CN(CCc8c6[nH]c6ccc(-c9ccccc9)cc86)C7)c(OC)cc5N(C)[C@H]4[C@@](O)(C(=O)OC)[C@@H]1OC(C)=O)[C@@H]32. The van der Waals surface area contributed by atoms with E-state index in [9.17, 15) is 14.7 Å². The summed E-state index contributed by atoms with van der Waals surface area (Å²) in [5.74, 6) is -6.01. The smallest absolute Gasteiger partial charge is 0.344 e. The minimum absolute atomic E-state index is 0.132. The van der Waals surface area contributed by atoms with Crippen LogP contribution in [0.25, 0.3) is 22.0 Å². The molecule has 1 spiro atoms. The van der Waals surface area contributed by atoms with Crippen LogP contribution in [0.1, 0.15) is 68.8 Å². The third-order valence-corrected chi connectivity index (χ3v) is 16.8. The Bertz CT molecular complexity index is 2650. The van der Waals surface area contributed by atoms with Crippen molar-refractivity contribution in [2.45, 2.75) is 93.4 Å². The summed E-state index contributed by atoms with van der Waals surface area (Å²) in [6, 6.07) is 18.9. The average molecular weight is 907 g/mol. The second kappa shape index (κ2) is 15.6. The third kappa shape index (κ3) is 6.05. The quantitative estimate of drug-likeness (QED) is 0.110. The lowest BCUT2D eigenvalue weighted by Crippen LogP contribution is -2.81.